The zero-order valence-electron chi connectivity index (χ0n) is 11.2. The van der Waals surface area contributed by atoms with E-state index < -0.39 is 24.8 Å². The van der Waals surface area contributed by atoms with Crippen molar-refractivity contribution in [2.75, 3.05) is 13.1 Å². The number of carbonyl (C=O) groups excluding carboxylic acids is 1. The van der Waals surface area contributed by atoms with Crippen LogP contribution in [0.15, 0.2) is 18.2 Å². The van der Waals surface area contributed by atoms with Gasteiger partial charge in [0.1, 0.15) is 0 Å². The lowest BCUT2D eigenvalue weighted by Crippen LogP contribution is -2.41. The molecule has 0 radical (unpaired) electrons. The average Bonchev–Trinajstić information content (AvgIpc) is 2.43. The maximum Gasteiger partial charge on any atom is 0.324 e. The first-order valence-corrected chi connectivity index (χ1v) is 6.01. The average molecular weight is 302 g/mol. The van der Waals surface area contributed by atoms with Crippen LogP contribution in [-0.4, -0.2) is 31.3 Å². The highest BCUT2D eigenvalue weighted by atomic mass is 19.3. The van der Waals surface area contributed by atoms with E-state index in [1.165, 1.54) is 6.07 Å². The Labute approximate surface area is 119 Å². The summed E-state index contributed by atoms with van der Waals surface area (Å²) >= 11 is 0. The smallest absolute Gasteiger partial charge is 0.324 e. The van der Waals surface area contributed by atoms with Gasteiger partial charge in [0.25, 0.3) is 5.91 Å². The van der Waals surface area contributed by atoms with E-state index in [4.69, 9.17) is 5.73 Å². The molecule has 1 amide bonds. The van der Waals surface area contributed by atoms with Crippen LogP contribution < -0.4 is 11.1 Å². The Balaban J connectivity index is 2.87. The van der Waals surface area contributed by atoms with Crippen molar-refractivity contribution in [3.63, 3.8) is 0 Å². The summed E-state index contributed by atoms with van der Waals surface area (Å²) < 4.78 is 49.6. The van der Waals surface area contributed by atoms with E-state index in [9.17, 15) is 22.4 Å². The Morgan fingerprint density at radius 2 is 2.10 bits per heavy atom. The van der Waals surface area contributed by atoms with E-state index >= 15 is 0 Å². The molecule has 0 aliphatic rings. The molecule has 0 bridgehead atoms. The number of halogens is 4. The van der Waals surface area contributed by atoms with E-state index in [2.05, 4.69) is 11.8 Å². The number of hydrogen-bond donors (Lipinski definition) is 2. The summed E-state index contributed by atoms with van der Waals surface area (Å²) in [6.07, 6.45) is -3.83. The molecule has 0 saturated heterocycles. The maximum absolute atomic E-state index is 12.8. The lowest BCUT2D eigenvalue weighted by atomic mass is 10.0. The van der Waals surface area contributed by atoms with Gasteiger partial charge in [-0.15, -0.1) is 0 Å². The van der Waals surface area contributed by atoms with Crippen LogP contribution in [-0.2, 0) is 0 Å². The van der Waals surface area contributed by atoms with Crippen LogP contribution in [0.5, 0.6) is 0 Å². The molecule has 1 aromatic carbocycles. The van der Waals surface area contributed by atoms with Crippen LogP contribution in [0.25, 0.3) is 0 Å². The quantitative estimate of drug-likeness (QED) is 0.659. The third kappa shape index (κ3) is 4.76. The zero-order chi connectivity index (χ0) is 16.0. The normalized spacial score (nSPS) is 11.0. The minimum Gasteiger partial charge on any atom is -0.346 e. The Morgan fingerprint density at radius 3 is 2.67 bits per heavy atom. The SMILES string of the molecule is Cc1ccc(C#CCN)cc1C(=O)NCC(F)(F)C(F)F. The van der Waals surface area contributed by atoms with Crippen LogP contribution in [0.4, 0.5) is 17.6 Å². The molecule has 0 fully saturated rings. The van der Waals surface area contributed by atoms with Crippen molar-refractivity contribution in [3.05, 3.63) is 34.9 Å². The fourth-order valence-electron chi connectivity index (χ4n) is 1.47. The van der Waals surface area contributed by atoms with Gasteiger partial charge in [-0.25, -0.2) is 8.78 Å². The van der Waals surface area contributed by atoms with Crippen molar-refractivity contribution in [1.82, 2.24) is 5.32 Å². The maximum atomic E-state index is 12.8. The molecule has 0 spiro atoms. The van der Waals surface area contributed by atoms with Crippen molar-refractivity contribution >= 4 is 5.91 Å². The highest BCUT2D eigenvalue weighted by molar-refractivity contribution is 5.96. The number of nitrogens with two attached hydrogens (primary N) is 1. The van der Waals surface area contributed by atoms with Crippen molar-refractivity contribution in [3.8, 4) is 11.8 Å². The second-order valence-electron chi connectivity index (χ2n) is 4.28. The number of nitrogens with one attached hydrogen (secondary N) is 1. The molecule has 1 aromatic rings. The van der Waals surface area contributed by atoms with Gasteiger partial charge in [-0.05, 0) is 24.6 Å². The first kappa shape index (κ1) is 17.0. The second kappa shape index (κ2) is 7.09. The summed E-state index contributed by atoms with van der Waals surface area (Å²) in [6, 6.07) is 4.62. The third-order valence-electron chi connectivity index (χ3n) is 2.62. The molecule has 0 aliphatic carbocycles. The van der Waals surface area contributed by atoms with E-state index in [1.807, 2.05) is 0 Å². The van der Waals surface area contributed by atoms with Crippen LogP contribution in [0, 0.1) is 18.8 Å². The number of amides is 1. The van der Waals surface area contributed by atoms with Crippen molar-refractivity contribution < 1.29 is 22.4 Å². The van der Waals surface area contributed by atoms with Crippen LogP contribution in [0.1, 0.15) is 21.5 Å². The van der Waals surface area contributed by atoms with Gasteiger partial charge in [0.15, 0.2) is 0 Å². The molecule has 7 heteroatoms. The summed E-state index contributed by atoms with van der Waals surface area (Å²) in [5.74, 6) is 0.162. The number of hydrogen-bond acceptors (Lipinski definition) is 2. The summed E-state index contributed by atoms with van der Waals surface area (Å²) in [5, 5.41) is 1.80. The Kier molecular flexibility index (Phi) is 5.73. The number of benzene rings is 1. The highest BCUT2D eigenvalue weighted by Crippen LogP contribution is 2.21. The van der Waals surface area contributed by atoms with Gasteiger partial charge < -0.3 is 11.1 Å². The van der Waals surface area contributed by atoms with Gasteiger partial charge in [-0.3, -0.25) is 4.79 Å². The monoisotopic (exact) mass is 302 g/mol. The number of carbonyl (C=O) groups is 1. The summed E-state index contributed by atoms with van der Waals surface area (Å²) in [5.41, 5.74) is 6.32. The summed E-state index contributed by atoms with van der Waals surface area (Å²) in [7, 11) is 0. The predicted octanol–water partition coefficient (Wildman–Crippen LogP) is 1.94. The third-order valence-corrected chi connectivity index (χ3v) is 2.62. The minimum atomic E-state index is -4.26. The molecule has 1 rings (SSSR count). The van der Waals surface area contributed by atoms with Crippen molar-refractivity contribution in [2.24, 2.45) is 5.73 Å². The van der Waals surface area contributed by atoms with Gasteiger partial charge in [0, 0.05) is 11.1 Å². The van der Waals surface area contributed by atoms with Gasteiger partial charge >= 0.3 is 12.3 Å². The Morgan fingerprint density at radius 1 is 1.43 bits per heavy atom. The first-order chi connectivity index (χ1) is 9.77. The van der Waals surface area contributed by atoms with Crippen LogP contribution in [0.2, 0.25) is 0 Å². The molecule has 3 N–H and O–H groups in total. The van der Waals surface area contributed by atoms with E-state index in [0.717, 1.165) is 0 Å². The molecular formula is C14H14F4N2O. The molecule has 0 aromatic heterocycles. The molecule has 0 unspecified atom stereocenters. The molecule has 0 atom stereocenters. The molecule has 0 heterocycles. The molecule has 114 valence electrons. The topological polar surface area (TPSA) is 55.1 Å². The second-order valence-corrected chi connectivity index (χ2v) is 4.28. The van der Waals surface area contributed by atoms with E-state index in [-0.39, 0.29) is 12.1 Å². The predicted molar refractivity (Wildman–Crippen MR) is 70.4 cm³/mol. The fourth-order valence-corrected chi connectivity index (χ4v) is 1.47. The minimum absolute atomic E-state index is 0.101. The zero-order valence-corrected chi connectivity index (χ0v) is 11.2. The highest BCUT2D eigenvalue weighted by Gasteiger charge is 2.40. The number of alkyl halides is 4. The van der Waals surface area contributed by atoms with Gasteiger partial charge in [0.2, 0.25) is 0 Å². The van der Waals surface area contributed by atoms with Gasteiger partial charge in [-0.1, -0.05) is 17.9 Å². The lowest BCUT2D eigenvalue weighted by molar-refractivity contribution is -0.123. The number of aryl methyl sites for hydroxylation is 1. The molecular weight excluding hydrogens is 288 g/mol. The van der Waals surface area contributed by atoms with Gasteiger partial charge in [-0.2, -0.15) is 8.78 Å². The molecule has 0 saturated carbocycles. The number of rotatable bonds is 4. The standard InChI is InChI=1S/C14H14F4N2O/c1-9-4-5-10(3-2-6-19)7-11(9)12(21)20-8-14(17,18)13(15)16/h4-5,7,13H,6,8,19H2,1H3,(H,20,21). The van der Waals surface area contributed by atoms with Crippen LogP contribution in [0.3, 0.4) is 0 Å². The van der Waals surface area contributed by atoms with Crippen molar-refractivity contribution in [1.29, 1.82) is 0 Å². The lowest BCUT2D eigenvalue weighted by Gasteiger charge is -2.16. The van der Waals surface area contributed by atoms with Crippen molar-refractivity contribution in [2.45, 2.75) is 19.3 Å². The van der Waals surface area contributed by atoms with Gasteiger partial charge in [0.05, 0.1) is 13.1 Å². The molecule has 3 nitrogen and oxygen atoms in total. The summed E-state index contributed by atoms with van der Waals surface area (Å²) in [6.45, 7) is 0.304. The fraction of sp³-hybridized carbons (Fsp3) is 0.357. The Bertz CT molecular complexity index is 576. The largest absolute Gasteiger partial charge is 0.346 e. The molecule has 0 aliphatic heterocycles. The van der Waals surface area contributed by atoms with Crippen LogP contribution >= 0.6 is 0 Å². The first-order valence-electron chi connectivity index (χ1n) is 6.01. The molecule has 21 heavy (non-hydrogen) atoms. The van der Waals surface area contributed by atoms with E-state index in [0.29, 0.717) is 11.1 Å². The van der Waals surface area contributed by atoms with E-state index in [1.54, 1.807) is 24.4 Å². The Hall–Kier alpha value is -2.07. The summed E-state index contributed by atoms with van der Waals surface area (Å²) in [4.78, 5) is 11.8.